The van der Waals surface area contributed by atoms with Gasteiger partial charge in [0.25, 0.3) is 0 Å². The summed E-state index contributed by atoms with van der Waals surface area (Å²) in [5, 5.41) is 7.12. The lowest BCUT2D eigenvalue weighted by Gasteiger charge is -2.43. The summed E-state index contributed by atoms with van der Waals surface area (Å²) in [4.78, 5) is 9.65. The fourth-order valence-electron chi connectivity index (χ4n) is 4.75. The van der Waals surface area contributed by atoms with E-state index in [1.54, 1.807) is 0 Å². The van der Waals surface area contributed by atoms with Crippen LogP contribution in [0, 0.1) is 0 Å². The summed E-state index contributed by atoms with van der Waals surface area (Å²) in [5.74, 6) is 3.32. The van der Waals surface area contributed by atoms with E-state index in [4.69, 9.17) is 4.74 Å². The van der Waals surface area contributed by atoms with Crippen molar-refractivity contribution < 1.29 is 4.74 Å². The average Bonchev–Trinajstić information content (AvgIpc) is 3.48. The molecule has 0 amide bonds. The highest BCUT2D eigenvalue weighted by Gasteiger charge is 2.40. The summed E-state index contributed by atoms with van der Waals surface area (Å²) < 4.78 is 5.58. The third-order valence-corrected chi connectivity index (χ3v) is 7.89. The number of aliphatic imine (C=N–C) groups is 1. The first kappa shape index (κ1) is 25.1. The Morgan fingerprint density at radius 2 is 1.77 bits per heavy atom. The second-order valence-electron chi connectivity index (χ2n) is 8.71. The molecular formula is C23H38IN5OS. The Morgan fingerprint density at radius 3 is 2.42 bits per heavy atom. The van der Waals surface area contributed by atoms with Gasteiger partial charge < -0.3 is 15.4 Å². The number of halogens is 1. The third-order valence-electron chi connectivity index (χ3n) is 6.66. The Hall–Kier alpha value is -0.550. The van der Waals surface area contributed by atoms with Gasteiger partial charge in [-0.25, -0.2) is 0 Å². The minimum Gasteiger partial charge on any atom is -0.379 e. The van der Waals surface area contributed by atoms with E-state index >= 15 is 0 Å². The van der Waals surface area contributed by atoms with E-state index in [1.165, 1.54) is 55.0 Å². The molecule has 31 heavy (non-hydrogen) atoms. The van der Waals surface area contributed by atoms with Gasteiger partial charge in [-0.1, -0.05) is 24.3 Å². The van der Waals surface area contributed by atoms with Crippen molar-refractivity contribution >= 4 is 41.7 Å². The van der Waals surface area contributed by atoms with Crippen LogP contribution in [0.5, 0.6) is 0 Å². The molecule has 8 heteroatoms. The van der Waals surface area contributed by atoms with Crippen LogP contribution in [-0.4, -0.2) is 85.8 Å². The minimum atomic E-state index is 0. The molecule has 3 heterocycles. The standard InChI is InChI=1S/C23H37N5OS.HI/c1-24-22(26-18-23(8-15-30-19-23)28-11-13-29-14-12-28)25-16-20-4-6-21(7-5-20)17-27-9-2-3-10-27;/h4-7H,2-3,8-19H2,1H3,(H2,24,25,26);1H. The summed E-state index contributed by atoms with van der Waals surface area (Å²) >= 11 is 2.07. The van der Waals surface area contributed by atoms with Gasteiger partial charge >= 0.3 is 0 Å². The van der Waals surface area contributed by atoms with Crippen LogP contribution in [-0.2, 0) is 17.8 Å². The van der Waals surface area contributed by atoms with E-state index < -0.39 is 0 Å². The smallest absolute Gasteiger partial charge is 0.191 e. The number of thioether (sulfide) groups is 1. The van der Waals surface area contributed by atoms with Crippen molar-refractivity contribution in [1.82, 2.24) is 20.4 Å². The number of guanidine groups is 1. The normalized spacial score (nSPS) is 25.4. The van der Waals surface area contributed by atoms with Gasteiger partial charge in [-0.15, -0.1) is 24.0 Å². The maximum atomic E-state index is 5.58. The lowest BCUT2D eigenvalue weighted by molar-refractivity contribution is -0.0120. The van der Waals surface area contributed by atoms with E-state index in [1.807, 2.05) is 7.05 Å². The number of benzene rings is 1. The second kappa shape index (κ2) is 12.6. The number of morpholine rings is 1. The first-order valence-electron chi connectivity index (χ1n) is 11.4. The molecule has 0 bridgehead atoms. The maximum Gasteiger partial charge on any atom is 0.191 e. The SMILES string of the molecule is CN=C(NCc1ccc(CN2CCCC2)cc1)NCC1(N2CCOCC2)CCSC1.I. The lowest BCUT2D eigenvalue weighted by Crippen LogP contribution is -2.60. The van der Waals surface area contributed by atoms with Crippen LogP contribution in [0.3, 0.4) is 0 Å². The number of ether oxygens (including phenoxy) is 1. The van der Waals surface area contributed by atoms with E-state index in [-0.39, 0.29) is 29.5 Å². The molecule has 1 aromatic carbocycles. The summed E-state index contributed by atoms with van der Waals surface area (Å²) in [5.41, 5.74) is 2.93. The molecule has 174 valence electrons. The highest BCUT2D eigenvalue weighted by atomic mass is 127. The Bertz CT molecular complexity index is 684. The molecule has 1 atom stereocenters. The lowest BCUT2D eigenvalue weighted by atomic mass is 9.95. The Kier molecular flexibility index (Phi) is 10.2. The molecule has 3 fully saturated rings. The molecule has 3 saturated heterocycles. The van der Waals surface area contributed by atoms with E-state index in [2.05, 4.69) is 61.5 Å². The molecule has 6 nitrogen and oxygen atoms in total. The summed E-state index contributed by atoms with van der Waals surface area (Å²) in [6.45, 7) is 9.10. The second-order valence-corrected chi connectivity index (χ2v) is 9.81. The molecule has 0 aliphatic carbocycles. The highest BCUT2D eigenvalue weighted by molar-refractivity contribution is 14.0. The first-order chi connectivity index (χ1) is 14.8. The van der Waals surface area contributed by atoms with E-state index in [0.717, 1.165) is 51.9 Å². The van der Waals surface area contributed by atoms with Crippen LogP contribution in [0.2, 0.25) is 0 Å². The topological polar surface area (TPSA) is 52.1 Å². The monoisotopic (exact) mass is 559 g/mol. The quantitative estimate of drug-likeness (QED) is 0.305. The molecule has 0 spiro atoms. The van der Waals surface area contributed by atoms with Crippen molar-refractivity contribution in [2.75, 3.05) is 64.5 Å². The summed E-state index contributed by atoms with van der Waals surface area (Å²) in [6, 6.07) is 9.03. The van der Waals surface area contributed by atoms with Gasteiger partial charge in [0.1, 0.15) is 0 Å². The predicted octanol–water partition coefficient (Wildman–Crippen LogP) is 2.77. The zero-order valence-electron chi connectivity index (χ0n) is 18.8. The Labute approximate surface area is 209 Å². The van der Waals surface area contributed by atoms with Crippen molar-refractivity contribution in [2.24, 2.45) is 4.99 Å². The fraction of sp³-hybridized carbons (Fsp3) is 0.696. The Balaban J connectivity index is 0.00000272. The molecule has 3 aliphatic rings. The minimum absolute atomic E-state index is 0. The van der Waals surface area contributed by atoms with Crippen molar-refractivity contribution in [3.05, 3.63) is 35.4 Å². The Morgan fingerprint density at radius 1 is 1.06 bits per heavy atom. The van der Waals surface area contributed by atoms with Gasteiger partial charge in [0.05, 0.1) is 13.2 Å². The van der Waals surface area contributed by atoms with Crippen molar-refractivity contribution in [3.8, 4) is 0 Å². The first-order valence-corrected chi connectivity index (χ1v) is 12.6. The third kappa shape index (κ3) is 6.96. The maximum absolute atomic E-state index is 5.58. The van der Waals surface area contributed by atoms with Crippen LogP contribution >= 0.6 is 35.7 Å². The van der Waals surface area contributed by atoms with Crippen molar-refractivity contribution in [3.63, 3.8) is 0 Å². The van der Waals surface area contributed by atoms with Gasteiger partial charge in [-0.2, -0.15) is 11.8 Å². The number of likely N-dealkylation sites (tertiary alicyclic amines) is 1. The molecule has 2 N–H and O–H groups in total. The van der Waals surface area contributed by atoms with Gasteiger partial charge in [0.2, 0.25) is 0 Å². The summed E-state index contributed by atoms with van der Waals surface area (Å²) in [7, 11) is 1.86. The predicted molar refractivity (Wildman–Crippen MR) is 142 cm³/mol. The largest absolute Gasteiger partial charge is 0.379 e. The zero-order chi connectivity index (χ0) is 20.7. The number of nitrogens with zero attached hydrogens (tertiary/aromatic N) is 3. The number of rotatable bonds is 7. The fourth-order valence-corrected chi connectivity index (χ4v) is 6.23. The molecule has 1 aromatic rings. The van der Waals surface area contributed by atoms with Gasteiger partial charge in [-0.3, -0.25) is 14.8 Å². The van der Waals surface area contributed by atoms with Gasteiger partial charge in [-0.05, 0) is 49.2 Å². The summed E-state index contributed by atoms with van der Waals surface area (Å²) in [6.07, 6.45) is 3.93. The molecular weight excluding hydrogens is 521 g/mol. The number of hydrogen-bond donors (Lipinski definition) is 2. The molecule has 0 saturated carbocycles. The van der Waals surface area contributed by atoms with Gasteiger partial charge in [0, 0.05) is 51.1 Å². The van der Waals surface area contributed by atoms with Crippen LogP contribution in [0.15, 0.2) is 29.3 Å². The zero-order valence-corrected chi connectivity index (χ0v) is 21.9. The molecule has 4 rings (SSSR count). The van der Waals surface area contributed by atoms with Crippen LogP contribution in [0.25, 0.3) is 0 Å². The van der Waals surface area contributed by atoms with Gasteiger partial charge in [0.15, 0.2) is 5.96 Å². The van der Waals surface area contributed by atoms with Crippen molar-refractivity contribution in [1.29, 1.82) is 0 Å². The molecule has 0 radical (unpaired) electrons. The van der Waals surface area contributed by atoms with Crippen LogP contribution < -0.4 is 10.6 Å². The average molecular weight is 560 g/mol. The molecule has 3 aliphatic heterocycles. The van der Waals surface area contributed by atoms with Crippen molar-refractivity contribution in [2.45, 2.75) is 37.9 Å². The molecule has 1 unspecified atom stereocenters. The van der Waals surface area contributed by atoms with Crippen LogP contribution in [0.1, 0.15) is 30.4 Å². The van der Waals surface area contributed by atoms with E-state index in [9.17, 15) is 0 Å². The molecule has 0 aromatic heterocycles. The number of nitrogens with one attached hydrogen (secondary N) is 2. The number of hydrogen-bond acceptors (Lipinski definition) is 5. The highest BCUT2D eigenvalue weighted by Crippen LogP contribution is 2.33. The van der Waals surface area contributed by atoms with E-state index in [0.29, 0.717) is 0 Å². The van der Waals surface area contributed by atoms with Crippen LogP contribution in [0.4, 0.5) is 0 Å².